The molecular formula is C13H18N6O2. The van der Waals surface area contributed by atoms with E-state index < -0.39 is 0 Å². The van der Waals surface area contributed by atoms with Gasteiger partial charge in [-0.05, 0) is 19.8 Å². The second kappa shape index (κ2) is 5.55. The van der Waals surface area contributed by atoms with E-state index in [4.69, 9.17) is 9.47 Å². The Morgan fingerprint density at radius 2 is 2.14 bits per heavy atom. The van der Waals surface area contributed by atoms with Gasteiger partial charge in [0.2, 0.25) is 0 Å². The molecule has 2 aromatic rings. The number of methoxy groups -OCH3 is 2. The number of hydrogen-bond acceptors (Lipinski definition) is 7. The summed E-state index contributed by atoms with van der Waals surface area (Å²) in [5.74, 6) is 1.97. The fraction of sp³-hybridized carbons (Fsp3) is 0.538. The van der Waals surface area contributed by atoms with E-state index in [0.717, 1.165) is 30.9 Å². The molecule has 1 atom stereocenters. The summed E-state index contributed by atoms with van der Waals surface area (Å²) in [5, 5.41) is 7.86. The monoisotopic (exact) mass is 290 g/mol. The van der Waals surface area contributed by atoms with Crippen LogP contribution in [0.3, 0.4) is 0 Å². The minimum atomic E-state index is 0.133. The van der Waals surface area contributed by atoms with Crippen LogP contribution in [0.1, 0.15) is 30.4 Å². The van der Waals surface area contributed by atoms with Crippen LogP contribution in [0.4, 0.5) is 5.82 Å². The third-order valence-corrected chi connectivity index (χ3v) is 3.56. The number of nitrogens with one attached hydrogen (secondary N) is 1. The van der Waals surface area contributed by atoms with Crippen molar-refractivity contribution in [1.29, 1.82) is 0 Å². The van der Waals surface area contributed by atoms with E-state index >= 15 is 0 Å². The molecule has 3 rings (SSSR count). The number of rotatable bonds is 4. The van der Waals surface area contributed by atoms with E-state index in [1.165, 1.54) is 7.11 Å². The Morgan fingerprint density at radius 1 is 1.29 bits per heavy atom. The first-order valence-corrected chi connectivity index (χ1v) is 6.83. The van der Waals surface area contributed by atoms with Gasteiger partial charge in [0, 0.05) is 18.4 Å². The standard InChI is InChI=1S/C13H18N6O2/c1-8-7-14-10(15-8)9-5-4-6-19(9)11-12(20-2)17-18-13(16-11)21-3/h7,9H,4-6H2,1-3H3,(H,14,15). The summed E-state index contributed by atoms with van der Waals surface area (Å²) < 4.78 is 10.4. The predicted octanol–water partition coefficient (Wildman–Crippen LogP) is 1.26. The quantitative estimate of drug-likeness (QED) is 0.906. The van der Waals surface area contributed by atoms with Gasteiger partial charge in [-0.2, -0.15) is 4.98 Å². The van der Waals surface area contributed by atoms with Crippen molar-refractivity contribution >= 4 is 5.82 Å². The predicted molar refractivity (Wildman–Crippen MR) is 75.6 cm³/mol. The van der Waals surface area contributed by atoms with Crippen molar-refractivity contribution in [2.45, 2.75) is 25.8 Å². The lowest BCUT2D eigenvalue weighted by molar-refractivity contribution is 0.350. The first kappa shape index (κ1) is 13.6. The molecule has 0 saturated carbocycles. The number of aromatic amines is 1. The molecule has 1 aliphatic heterocycles. The molecular weight excluding hydrogens is 272 g/mol. The molecule has 0 aliphatic carbocycles. The summed E-state index contributed by atoms with van der Waals surface area (Å²) in [4.78, 5) is 14.3. The fourth-order valence-corrected chi connectivity index (χ4v) is 2.61. The first-order chi connectivity index (χ1) is 10.2. The minimum Gasteiger partial charge on any atom is -0.477 e. The SMILES string of the molecule is COc1nnc(OC)c(N2CCCC2c2ncc(C)[nH]2)n1. The Labute approximate surface area is 122 Å². The highest BCUT2D eigenvalue weighted by Gasteiger charge is 2.32. The van der Waals surface area contributed by atoms with Gasteiger partial charge in [0.05, 0.1) is 20.3 Å². The van der Waals surface area contributed by atoms with Gasteiger partial charge in [-0.1, -0.05) is 5.10 Å². The molecule has 1 saturated heterocycles. The molecule has 8 nitrogen and oxygen atoms in total. The van der Waals surface area contributed by atoms with Gasteiger partial charge >= 0.3 is 6.01 Å². The van der Waals surface area contributed by atoms with Crippen molar-refractivity contribution in [1.82, 2.24) is 25.1 Å². The highest BCUT2D eigenvalue weighted by molar-refractivity contribution is 5.50. The first-order valence-electron chi connectivity index (χ1n) is 6.83. The molecule has 0 spiro atoms. The molecule has 0 amide bonds. The molecule has 0 aromatic carbocycles. The zero-order valence-electron chi connectivity index (χ0n) is 12.3. The number of aromatic nitrogens is 5. The van der Waals surface area contributed by atoms with Crippen LogP contribution in [0, 0.1) is 6.92 Å². The zero-order valence-corrected chi connectivity index (χ0v) is 12.3. The molecule has 1 fully saturated rings. The average Bonchev–Trinajstić information content (AvgIpc) is 3.14. The molecule has 1 unspecified atom stereocenters. The van der Waals surface area contributed by atoms with Crippen molar-refractivity contribution in [2.24, 2.45) is 0 Å². The molecule has 0 radical (unpaired) electrons. The minimum absolute atomic E-state index is 0.133. The van der Waals surface area contributed by atoms with Gasteiger partial charge in [0.1, 0.15) is 5.82 Å². The molecule has 1 aliphatic rings. The Morgan fingerprint density at radius 3 is 2.81 bits per heavy atom. The van der Waals surface area contributed by atoms with E-state index in [9.17, 15) is 0 Å². The molecule has 112 valence electrons. The zero-order chi connectivity index (χ0) is 14.8. The maximum absolute atomic E-state index is 5.28. The highest BCUT2D eigenvalue weighted by Crippen LogP contribution is 2.37. The molecule has 8 heteroatoms. The molecule has 0 bridgehead atoms. The number of imidazole rings is 1. The van der Waals surface area contributed by atoms with Crippen LogP contribution in [-0.4, -0.2) is 45.9 Å². The Kier molecular flexibility index (Phi) is 3.59. The second-order valence-electron chi connectivity index (χ2n) is 4.93. The summed E-state index contributed by atoms with van der Waals surface area (Å²) in [6.07, 6.45) is 3.89. The molecule has 2 aromatic heterocycles. The molecule has 21 heavy (non-hydrogen) atoms. The maximum Gasteiger partial charge on any atom is 0.337 e. The Hall–Kier alpha value is -2.38. The number of aryl methyl sites for hydroxylation is 1. The van der Waals surface area contributed by atoms with E-state index in [0.29, 0.717) is 11.7 Å². The summed E-state index contributed by atoms with van der Waals surface area (Å²) in [5.41, 5.74) is 1.04. The van der Waals surface area contributed by atoms with Crippen LogP contribution in [0.5, 0.6) is 11.9 Å². The normalized spacial score (nSPS) is 18.0. The van der Waals surface area contributed by atoms with Crippen LogP contribution < -0.4 is 14.4 Å². The fourth-order valence-electron chi connectivity index (χ4n) is 2.61. The van der Waals surface area contributed by atoms with Gasteiger partial charge in [-0.15, -0.1) is 5.10 Å². The maximum atomic E-state index is 5.28. The number of nitrogens with zero attached hydrogens (tertiary/aromatic N) is 5. The van der Waals surface area contributed by atoms with Crippen molar-refractivity contribution in [3.05, 3.63) is 17.7 Å². The van der Waals surface area contributed by atoms with Crippen LogP contribution in [-0.2, 0) is 0 Å². The summed E-state index contributed by atoms with van der Waals surface area (Å²) >= 11 is 0. The Balaban J connectivity index is 1.98. The lowest BCUT2D eigenvalue weighted by Crippen LogP contribution is -2.25. The van der Waals surface area contributed by atoms with Gasteiger partial charge < -0.3 is 19.4 Å². The van der Waals surface area contributed by atoms with Crippen molar-refractivity contribution < 1.29 is 9.47 Å². The van der Waals surface area contributed by atoms with Crippen molar-refractivity contribution in [3.63, 3.8) is 0 Å². The largest absolute Gasteiger partial charge is 0.477 e. The Bertz CT molecular complexity index is 629. The van der Waals surface area contributed by atoms with E-state index in [2.05, 4.69) is 30.0 Å². The van der Waals surface area contributed by atoms with Gasteiger partial charge in [0.25, 0.3) is 5.88 Å². The lowest BCUT2D eigenvalue weighted by atomic mass is 10.2. The van der Waals surface area contributed by atoms with Crippen LogP contribution >= 0.6 is 0 Å². The van der Waals surface area contributed by atoms with Gasteiger partial charge in [-0.3, -0.25) is 0 Å². The number of hydrogen-bond donors (Lipinski definition) is 1. The number of anilines is 1. The smallest absolute Gasteiger partial charge is 0.337 e. The van der Waals surface area contributed by atoms with Crippen LogP contribution in [0.2, 0.25) is 0 Å². The highest BCUT2D eigenvalue weighted by atomic mass is 16.5. The third kappa shape index (κ3) is 2.48. The van der Waals surface area contributed by atoms with E-state index in [1.807, 2.05) is 13.1 Å². The van der Waals surface area contributed by atoms with E-state index in [-0.39, 0.29) is 12.1 Å². The summed E-state index contributed by atoms with van der Waals surface area (Å²) in [7, 11) is 3.08. The van der Waals surface area contributed by atoms with Crippen LogP contribution in [0.15, 0.2) is 6.20 Å². The summed E-state index contributed by atoms with van der Waals surface area (Å²) in [6, 6.07) is 0.362. The molecule has 1 N–H and O–H groups in total. The number of ether oxygens (including phenoxy) is 2. The van der Waals surface area contributed by atoms with Crippen LogP contribution in [0.25, 0.3) is 0 Å². The molecule has 3 heterocycles. The van der Waals surface area contributed by atoms with E-state index in [1.54, 1.807) is 7.11 Å². The number of H-pyrrole nitrogens is 1. The third-order valence-electron chi connectivity index (χ3n) is 3.56. The average molecular weight is 290 g/mol. The lowest BCUT2D eigenvalue weighted by Gasteiger charge is -2.24. The van der Waals surface area contributed by atoms with Gasteiger partial charge in [0.15, 0.2) is 5.82 Å². The second-order valence-corrected chi connectivity index (χ2v) is 4.93. The van der Waals surface area contributed by atoms with Crippen molar-refractivity contribution in [2.75, 3.05) is 25.7 Å². The topological polar surface area (TPSA) is 89.1 Å². The van der Waals surface area contributed by atoms with Gasteiger partial charge in [-0.25, -0.2) is 4.98 Å². The van der Waals surface area contributed by atoms with Crippen molar-refractivity contribution in [3.8, 4) is 11.9 Å². The summed E-state index contributed by atoms with van der Waals surface area (Å²) in [6.45, 7) is 2.86.